The van der Waals surface area contributed by atoms with Gasteiger partial charge in [0.05, 0.1) is 19.1 Å². The van der Waals surface area contributed by atoms with Crippen molar-refractivity contribution in [2.45, 2.75) is 0 Å². The second kappa shape index (κ2) is 11.7. The van der Waals surface area contributed by atoms with Crippen LogP contribution >= 0.6 is 0 Å². The number of non-ortho nitro benzene ring substituents is 1. The Bertz CT molecular complexity index is 1220. The molecule has 174 valence electrons. The first-order valence-corrected chi connectivity index (χ1v) is 9.92. The number of benzene rings is 2. The van der Waals surface area contributed by atoms with Gasteiger partial charge in [-0.2, -0.15) is 0 Å². The topological polar surface area (TPSA) is 132 Å². The largest absolute Gasteiger partial charge is 0.481 e. The Morgan fingerprint density at radius 2 is 1.15 bits per heavy atom. The first-order valence-electron chi connectivity index (χ1n) is 9.92. The molecule has 10 nitrogen and oxygen atoms in total. The van der Waals surface area contributed by atoms with E-state index in [2.05, 4.69) is 9.97 Å². The minimum Gasteiger partial charge on any atom is -0.481 e. The maximum Gasteiger partial charge on any atom is 0.269 e. The van der Waals surface area contributed by atoms with E-state index in [0.717, 1.165) is 5.75 Å². The number of methoxy groups -OCH3 is 2. The van der Waals surface area contributed by atoms with Crippen molar-refractivity contribution in [1.82, 2.24) is 9.97 Å². The molecular formula is C24H22N4O6. The minimum absolute atomic E-state index is 0.0228. The number of pyridine rings is 2. The smallest absolute Gasteiger partial charge is 0.269 e. The molecule has 0 fully saturated rings. The molecule has 2 heterocycles. The molecule has 4 aromatic rings. The lowest BCUT2D eigenvalue weighted by molar-refractivity contribution is -0.384. The summed E-state index contributed by atoms with van der Waals surface area (Å²) >= 11 is 0. The number of hydrogen-bond donors (Lipinski definition) is 1. The van der Waals surface area contributed by atoms with Crippen molar-refractivity contribution in [3.8, 4) is 34.8 Å². The summed E-state index contributed by atoms with van der Waals surface area (Å²) in [7, 11) is 3.08. The zero-order valence-electron chi connectivity index (χ0n) is 18.5. The summed E-state index contributed by atoms with van der Waals surface area (Å²) in [5.41, 5.74) is 6.31. The van der Waals surface area contributed by atoms with Gasteiger partial charge in [0.2, 0.25) is 11.8 Å². The predicted molar refractivity (Wildman–Crippen MR) is 126 cm³/mol. The van der Waals surface area contributed by atoms with Crippen LogP contribution in [0.2, 0.25) is 0 Å². The van der Waals surface area contributed by atoms with Crippen molar-refractivity contribution in [2.24, 2.45) is 0 Å². The van der Waals surface area contributed by atoms with E-state index in [9.17, 15) is 10.1 Å². The van der Waals surface area contributed by atoms with Crippen LogP contribution in [0.1, 0.15) is 0 Å². The summed E-state index contributed by atoms with van der Waals surface area (Å²) < 4.78 is 21.1. The summed E-state index contributed by atoms with van der Waals surface area (Å²) in [6, 6.07) is 19.8. The van der Waals surface area contributed by atoms with Crippen LogP contribution in [0.25, 0.3) is 0 Å². The molecule has 0 saturated heterocycles. The van der Waals surface area contributed by atoms with E-state index in [-0.39, 0.29) is 5.69 Å². The van der Waals surface area contributed by atoms with Crippen molar-refractivity contribution in [3.05, 3.63) is 95.3 Å². The Morgan fingerprint density at radius 3 is 1.56 bits per heavy atom. The Hall–Kier alpha value is -4.86. The number of rotatable bonds is 7. The maximum atomic E-state index is 10.5. The number of anilines is 1. The van der Waals surface area contributed by atoms with Crippen LogP contribution in [0.5, 0.6) is 34.8 Å². The number of nitrogens with two attached hydrogens (primary N) is 1. The summed E-state index contributed by atoms with van der Waals surface area (Å²) in [5, 5.41) is 10.5. The van der Waals surface area contributed by atoms with Crippen LogP contribution in [0.4, 0.5) is 11.4 Å². The normalized spacial score (nSPS) is 9.82. The van der Waals surface area contributed by atoms with Crippen LogP contribution in [0.3, 0.4) is 0 Å². The van der Waals surface area contributed by atoms with Gasteiger partial charge >= 0.3 is 0 Å². The summed E-state index contributed by atoms with van der Waals surface area (Å²) in [6.07, 6.45) is 3.19. The molecule has 0 spiro atoms. The van der Waals surface area contributed by atoms with E-state index in [1.54, 1.807) is 55.9 Å². The molecule has 2 aromatic carbocycles. The maximum absolute atomic E-state index is 10.5. The number of ether oxygens (including phenoxy) is 4. The quantitative estimate of drug-likeness (QED) is 0.222. The molecule has 0 bridgehead atoms. The Morgan fingerprint density at radius 1 is 0.706 bits per heavy atom. The fraction of sp³-hybridized carbons (Fsp3) is 0.0833. The number of nitrogen functional groups attached to an aromatic ring is 1. The number of aromatic nitrogens is 2. The fourth-order valence-corrected chi connectivity index (χ4v) is 2.58. The minimum atomic E-state index is -0.459. The molecule has 0 radical (unpaired) electrons. The van der Waals surface area contributed by atoms with Gasteiger partial charge in [0.15, 0.2) is 0 Å². The van der Waals surface area contributed by atoms with Crippen LogP contribution in [-0.4, -0.2) is 29.1 Å². The highest BCUT2D eigenvalue weighted by atomic mass is 16.6. The van der Waals surface area contributed by atoms with Gasteiger partial charge in [-0.25, -0.2) is 9.97 Å². The van der Waals surface area contributed by atoms with Gasteiger partial charge in [0, 0.05) is 42.3 Å². The zero-order chi connectivity index (χ0) is 24.3. The third kappa shape index (κ3) is 7.09. The lowest BCUT2D eigenvalue weighted by atomic mass is 10.3. The lowest BCUT2D eigenvalue weighted by Crippen LogP contribution is -1.90. The molecule has 0 aliphatic heterocycles. The van der Waals surface area contributed by atoms with Gasteiger partial charge in [-0.05, 0) is 48.5 Å². The second-order valence-corrected chi connectivity index (χ2v) is 6.59. The lowest BCUT2D eigenvalue weighted by Gasteiger charge is -2.06. The third-order valence-electron chi connectivity index (χ3n) is 4.23. The standard InChI is InChI=1S/C12H10N2O4.C12H12N2O2/c1-17-12-8-11(6-7-13-12)18-10-4-2-9(3-5-10)14(15)16;1-15-12-8-11(6-7-14-12)16-10-4-2-9(13)3-5-10/h2-8H,1H3;2-8H,13H2,1H3. The SMILES string of the molecule is COc1cc(Oc2ccc(N)cc2)ccn1.COc1cc(Oc2ccc([N+](=O)[O-])cc2)ccn1. The highest BCUT2D eigenvalue weighted by Gasteiger charge is 2.05. The van der Waals surface area contributed by atoms with E-state index in [0.29, 0.717) is 34.7 Å². The second-order valence-electron chi connectivity index (χ2n) is 6.59. The molecule has 0 aliphatic rings. The van der Waals surface area contributed by atoms with Gasteiger partial charge in [-0.3, -0.25) is 10.1 Å². The van der Waals surface area contributed by atoms with Crippen LogP contribution in [-0.2, 0) is 0 Å². The van der Waals surface area contributed by atoms with Gasteiger partial charge < -0.3 is 24.7 Å². The molecule has 4 rings (SSSR count). The number of hydrogen-bond acceptors (Lipinski definition) is 9. The summed E-state index contributed by atoms with van der Waals surface area (Å²) in [4.78, 5) is 18.0. The molecule has 0 aliphatic carbocycles. The molecule has 0 unspecified atom stereocenters. The highest BCUT2D eigenvalue weighted by Crippen LogP contribution is 2.26. The first-order chi connectivity index (χ1) is 16.5. The molecule has 0 atom stereocenters. The van der Waals surface area contributed by atoms with Crippen molar-refractivity contribution >= 4 is 11.4 Å². The molecular weight excluding hydrogens is 440 g/mol. The first kappa shape index (κ1) is 23.8. The van der Waals surface area contributed by atoms with Crippen molar-refractivity contribution in [1.29, 1.82) is 0 Å². The van der Waals surface area contributed by atoms with Crippen molar-refractivity contribution in [2.75, 3.05) is 20.0 Å². The number of nitro groups is 1. The number of nitrogens with zero attached hydrogens (tertiary/aromatic N) is 3. The molecule has 0 amide bonds. The van der Waals surface area contributed by atoms with Crippen molar-refractivity contribution in [3.63, 3.8) is 0 Å². The monoisotopic (exact) mass is 462 g/mol. The van der Waals surface area contributed by atoms with E-state index < -0.39 is 4.92 Å². The Kier molecular flexibility index (Phi) is 8.17. The highest BCUT2D eigenvalue weighted by molar-refractivity contribution is 5.43. The summed E-state index contributed by atoms with van der Waals surface area (Å²) in [5.74, 6) is 3.42. The predicted octanol–water partition coefficient (Wildman–Crippen LogP) is 5.26. The van der Waals surface area contributed by atoms with Crippen LogP contribution in [0.15, 0.2) is 85.2 Å². The van der Waals surface area contributed by atoms with Gasteiger partial charge in [0.1, 0.15) is 23.0 Å². The van der Waals surface area contributed by atoms with Gasteiger partial charge in [-0.1, -0.05) is 0 Å². The van der Waals surface area contributed by atoms with Crippen LogP contribution < -0.4 is 24.7 Å². The van der Waals surface area contributed by atoms with Gasteiger partial charge in [-0.15, -0.1) is 0 Å². The van der Waals surface area contributed by atoms with E-state index in [4.69, 9.17) is 24.7 Å². The average molecular weight is 462 g/mol. The Labute approximate surface area is 195 Å². The molecule has 2 N–H and O–H groups in total. The third-order valence-corrected chi connectivity index (χ3v) is 4.23. The van der Waals surface area contributed by atoms with Crippen molar-refractivity contribution < 1.29 is 23.9 Å². The zero-order valence-corrected chi connectivity index (χ0v) is 18.5. The molecule has 0 saturated carbocycles. The van der Waals surface area contributed by atoms with E-state index in [1.165, 1.54) is 31.4 Å². The Balaban J connectivity index is 0.000000192. The summed E-state index contributed by atoms with van der Waals surface area (Å²) in [6.45, 7) is 0. The molecule has 34 heavy (non-hydrogen) atoms. The molecule has 2 aromatic heterocycles. The van der Waals surface area contributed by atoms with E-state index >= 15 is 0 Å². The number of nitro benzene ring substituents is 1. The fourth-order valence-electron chi connectivity index (χ4n) is 2.58. The average Bonchev–Trinajstić information content (AvgIpc) is 2.86. The van der Waals surface area contributed by atoms with E-state index in [1.807, 2.05) is 12.1 Å². The van der Waals surface area contributed by atoms with Crippen LogP contribution in [0, 0.1) is 10.1 Å². The molecule has 10 heteroatoms. The van der Waals surface area contributed by atoms with Gasteiger partial charge in [0.25, 0.3) is 5.69 Å².